The highest BCUT2D eigenvalue weighted by Gasteiger charge is 1.97. The fourth-order valence-corrected chi connectivity index (χ4v) is 1.71. The van der Waals surface area contributed by atoms with Gasteiger partial charge in [-0.1, -0.05) is 46.2 Å². The quantitative estimate of drug-likeness (QED) is 0.442. The molecule has 0 fully saturated rings. The van der Waals surface area contributed by atoms with Crippen LogP contribution in [0.15, 0.2) is 33.9 Å². The normalized spacial score (nSPS) is 10.3. The average Bonchev–Trinajstić information content (AvgIpc) is 2.26. The van der Waals surface area contributed by atoms with Gasteiger partial charge in [-0.15, -0.1) is 0 Å². The molecule has 0 spiro atoms. The van der Waals surface area contributed by atoms with E-state index in [2.05, 4.69) is 45.0 Å². The number of halogens is 1. The number of nitrogens with zero attached hydrogens (tertiary/aromatic N) is 3. The second kappa shape index (κ2) is 6.27. The lowest BCUT2D eigenvalue weighted by atomic mass is 10.1. The molecule has 15 heavy (non-hydrogen) atoms. The maximum absolute atomic E-state index is 8.12. The predicted molar refractivity (Wildman–Crippen MR) is 66.6 cm³/mol. The molecule has 0 aromatic heterocycles. The van der Waals surface area contributed by atoms with Gasteiger partial charge in [0.15, 0.2) is 0 Å². The van der Waals surface area contributed by atoms with E-state index in [4.69, 9.17) is 5.53 Å². The minimum absolute atomic E-state index is 0.399. The van der Waals surface area contributed by atoms with Crippen LogP contribution in [0.5, 0.6) is 0 Å². The second-order valence-corrected chi connectivity index (χ2v) is 3.93. The molecule has 1 aromatic rings. The Balaban J connectivity index is 2.84. The molecule has 1 rings (SSSR count). The fourth-order valence-electron chi connectivity index (χ4n) is 1.31. The first-order chi connectivity index (χ1) is 7.27. The molecule has 0 saturated carbocycles. The zero-order valence-corrected chi connectivity index (χ0v) is 10.1. The Hall–Kier alpha value is -1.25. The molecule has 1 aromatic carbocycles. The molecule has 0 atom stereocenters. The van der Waals surface area contributed by atoms with Crippen LogP contribution in [0.3, 0.4) is 0 Å². The van der Waals surface area contributed by atoms with E-state index in [0.29, 0.717) is 6.54 Å². The summed E-state index contributed by atoms with van der Waals surface area (Å²) in [6, 6.07) is 6.16. The number of azide groups is 1. The Labute approximate surface area is 97.6 Å². The van der Waals surface area contributed by atoms with Crippen LogP contribution in [0.1, 0.15) is 18.1 Å². The fraction of sp³-hybridized carbons (Fsp3) is 0.273. The smallest absolute Gasteiger partial charge is 0.0443 e. The van der Waals surface area contributed by atoms with E-state index < -0.39 is 0 Å². The largest absolute Gasteiger partial charge is 0.0899 e. The minimum Gasteiger partial charge on any atom is -0.0899 e. The van der Waals surface area contributed by atoms with E-state index >= 15 is 0 Å². The Kier molecular flexibility index (Phi) is 4.95. The van der Waals surface area contributed by atoms with Crippen molar-refractivity contribution in [2.45, 2.75) is 13.3 Å². The lowest BCUT2D eigenvalue weighted by molar-refractivity contribution is 1.13. The highest BCUT2D eigenvalue weighted by atomic mass is 79.9. The Bertz CT molecular complexity index is 406. The van der Waals surface area contributed by atoms with Gasteiger partial charge in [0.25, 0.3) is 0 Å². The zero-order valence-electron chi connectivity index (χ0n) is 8.52. The Morgan fingerprint density at radius 1 is 1.53 bits per heavy atom. The first-order valence-corrected chi connectivity index (χ1v) is 5.53. The van der Waals surface area contributed by atoms with Gasteiger partial charge in [-0.05, 0) is 35.2 Å². The van der Waals surface area contributed by atoms with Crippen molar-refractivity contribution >= 4 is 22.0 Å². The van der Waals surface area contributed by atoms with E-state index in [1.54, 1.807) is 0 Å². The van der Waals surface area contributed by atoms with Crippen LogP contribution in [-0.4, -0.2) is 6.54 Å². The van der Waals surface area contributed by atoms with E-state index in [0.717, 1.165) is 10.9 Å². The topological polar surface area (TPSA) is 48.8 Å². The van der Waals surface area contributed by atoms with Crippen LogP contribution < -0.4 is 0 Å². The molecule has 3 nitrogen and oxygen atoms in total. The van der Waals surface area contributed by atoms with Crippen LogP contribution in [0, 0.1) is 0 Å². The van der Waals surface area contributed by atoms with Crippen LogP contribution >= 0.6 is 15.9 Å². The molecule has 4 heteroatoms. The number of hydrogen-bond acceptors (Lipinski definition) is 1. The Morgan fingerprint density at radius 3 is 3.00 bits per heavy atom. The molecule has 0 heterocycles. The van der Waals surface area contributed by atoms with Crippen LogP contribution in [0.2, 0.25) is 0 Å². The van der Waals surface area contributed by atoms with Crippen molar-refractivity contribution in [1.82, 2.24) is 0 Å². The van der Waals surface area contributed by atoms with Gasteiger partial charge in [-0.25, -0.2) is 0 Å². The first-order valence-electron chi connectivity index (χ1n) is 4.73. The van der Waals surface area contributed by atoms with Gasteiger partial charge in [0.2, 0.25) is 0 Å². The monoisotopic (exact) mass is 265 g/mol. The second-order valence-electron chi connectivity index (χ2n) is 3.01. The number of hydrogen-bond donors (Lipinski definition) is 0. The van der Waals surface area contributed by atoms with Gasteiger partial charge in [-0.3, -0.25) is 0 Å². The Morgan fingerprint density at radius 2 is 2.33 bits per heavy atom. The average molecular weight is 266 g/mol. The van der Waals surface area contributed by atoms with Crippen molar-refractivity contribution in [3.8, 4) is 0 Å². The van der Waals surface area contributed by atoms with Crippen molar-refractivity contribution in [1.29, 1.82) is 0 Å². The van der Waals surface area contributed by atoms with E-state index in [-0.39, 0.29) is 0 Å². The molecule has 0 amide bonds. The molecule has 0 aliphatic rings. The van der Waals surface area contributed by atoms with Crippen molar-refractivity contribution in [2.75, 3.05) is 6.54 Å². The molecule has 0 saturated heterocycles. The molecular weight excluding hydrogens is 254 g/mol. The summed E-state index contributed by atoms with van der Waals surface area (Å²) >= 11 is 3.44. The molecule has 0 aliphatic heterocycles. The highest BCUT2D eigenvalue weighted by molar-refractivity contribution is 9.10. The van der Waals surface area contributed by atoms with Gasteiger partial charge in [0, 0.05) is 15.9 Å². The summed E-state index contributed by atoms with van der Waals surface area (Å²) in [5.74, 6) is 0. The number of rotatable bonds is 4. The lowest BCUT2D eigenvalue weighted by Crippen LogP contribution is -1.86. The van der Waals surface area contributed by atoms with Crippen molar-refractivity contribution in [2.24, 2.45) is 5.11 Å². The van der Waals surface area contributed by atoms with Crippen molar-refractivity contribution < 1.29 is 0 Å². The summed E-state index contributed by atoms with van der Waals surface area (Å²) in [6.07, 6.45) is 4.84. The van der Waals surface area contributed by atoms with E-state index in [9.17, 15) is 0 Å². The maximum atomic E-state index is 8.12. The summed E-state index contributed by atoms with van der Waals surface area (Å²) in [6.45, 7) is 2.52. The van der Waals surface area contributed by atoms with Gasteiger partial charge >= 0.3 is 0 Å². The number of benzene rings is 1. The van der Waals surface area contributed by atoms with Gasteiger partial charge in [0.1, 0.15) is 0 Å². The minimum atomic E-state index is 0.399. The van der Waals surface area contributed by atoms with Crippen molar-refractivity contribution in [3.63, 3.8) is 0 Å². The van der Waals surface area contributed by atoms with Gasteiger partial charge < -0.3 is 0 Å². The summed E-state index contributed by atoms with van der Waals surface area (Å²) in [5.41, 5.74) is 10.6. The number of aryl methyl sites for hydroxylation is 1. The lowest BCUT2D eigenvalue weighted by Gasteiger charge is -2.03. The third-order valence-corrected chi connectivity index (χ3v) is 2.53. The SMILES string of the molecule is CCc1cc(Br)ccc1C=CCN=[N+]=[N-]. The maximum Gasteiger partial charge on any atom is 0.0443 e. The third kappa shape index (κ3) is 3.78. The predicted octanol–water partition coefficient (Wildman–Crippen LogP) is 4.34. The molecule has 0 N–H and O–H groups in total. The van der Waals surface area contributed by atoms with Crippen molar-refractivity contribution in [3.05, 3.63) is 50.3 Å². The summed E-state index contributed by atoms with van der Waals surface area (Å²) in [5, 5.41) is 3.44. The standard InChI is InChI=1S/C11H12BrN3/c1-2-9-8-11(12)6-5-10(9)4-3-7-14-15-13/h3-6,8H,2,7H2,1H3. The first kappa shape index (κ1) is 11.8. The summed E-state index contributed by atoms with van der Waals surface area (Å²) in [4.78, 5) is 2.69. The summed E-state index contributed by atoms with van der Waals surface area (Å²) in [7, 11) is 0. The molecule has 0 radical (unpaired) electrons. The third-order valence-electron chi connectivity index (χ3n) is 2.03. The van der Waals surface area contributed by atoms with Crippen LogP contribution in [0.25, 0.3) is 16.5 Å². The van der Waals surface area contributed by atoms with E-state index in [1.807, 2.05) is 18.2 Å². The highest BCUT2D eigenvalue weighted by Crippen LogP contribution is 2.18. The van der Waals surface area contributed by atoms with E-state index in [1.165, 1.54) is 11.1 Å². The molecule has 0 bridgehead atoms. The van der Waals surface area contributed by atoms with Gasteiger partial charge in [0.05, 0.1) is 0 Å². The molecule has 78 valence electrons. The molecule has 0 aliphatic carbocycles. The molecule has 0 unspecified atom stereocenters. The van der Waals surface area contributed by atoms with Gasteiger partial charge in [-0.2, -0.15) is 0 Å². The van der Waals surface area contributed by atoms with Crippen LogP contribution in [0.4, 0.5) is 0 Å². The summed E-state index contributed by atoms with van der Waals surface area (Å²) < 4.78 is 1.09. The van der Waals surface area contributed by atoms with Crippen LogP contribution in [-0.2, 0) is 6.42 Å². The zero-order chi connectivity index (χ0) is 11.1. The molecular formula is C11H12BrN3.